The Bertz CT molecular complexity index is 625. The van der Waals surface area contributed by atoms with Crippen LogP contribution in [0.25, 0.3) is 0 Å². The highest BCUT2D eigenvalue weighted by Crippen LogP contribution is 2.15. The number of hydrogen-bond acceptors (Lipinski definition) is 3. The van der Waals surface area contributed by atoms with E-state index in [0.717, 1.165) is 5.69 Å². The number of para-hydroxylation sites is 1. The quantitative estimate of drug-likeness (QED) is 0.832. The summed E-state index contributed by atoms with van der Waals surface area (Å²) < 4.78 is 20.2. The van der Waals surface area contributed by atoms with Crippen molar-refractivity contribution < 1.29 is 13.9 Å². The van der Waals surface area contributed by atoms with Gasteiger partial charge in [0.05, 0.1) is 12.3 Å². The van der Waals surface area contributed by atoms with Crippen LogP contribution in [0.3, 0.4) is 0 Å². The zero-order valence-corrected chi connectivity index (χ0v) is 12.1. The van der Waals surface area contributed by atoms with Crippen LogP contribution in [0.4, 0.5) is 10.2 Å². The smallest absolute Gasteiger partial charge is 0.225 e. The molecule has 0 radical (unpaired) electrons. The van der Waals surface area contributed by atoms with E-state index in [-0.39, 0.29) is 11.7 Å². The van der Waals surface area contributed by atoms with E-state index < -0.39 is 5.82 Å². The van der Waals surface area contributed by atoms with Crippen LogP contribution in [0.15, 0.2) is 30.3 Å². The molecule has 0 atom stereocenters. The number of nitrogens with zero attached hydrogens (tertiary/aromatic N) is 2. The predicted octanol–water partition coefficient (Wildman–Crippen LogP) is 2.67. The monoisotopic (exact) mass is 291 g/mol. The summed E-state index contributed by atoms with van der Waals surface area (Å²) in [6.45, 7) is 2.15. The first-order valence-electron chi connectivity index (χ1n) is 6.74. The number of ether oxygens (including phenoxy) is 1. The first-order valence-corrected chi connectivity index (χ1v) is 6.74. The van der Waals surface area contributed by atoms with E-state index in [9.17, 15) is 9.18 Å². The SMILES string of the molecule is Cc1cc(NC(=O)CCCOc2ccccc2F)n(C)n1. The van der Waals surface area contributed by atoms with Gasteiger partial charge in [0.25, 0.3) is 0 Å². The lowest BCUT2D eigenvalue weighted by Crippen LogP contribution is -2.15. The summed E-state index contributed by atoms with van der Waals surface area (Å²) in [6.07, 6.45) is 0.815. The normalized spacial score (nSPS) is 10.4. The molecule has 2 aromatic rings. The van der Waals surface area contributed by atoms with Gasteiger partial charge in [0, 0.05) is 19.5 Å². The van der Waals surface area contributed by atoms with Gasteiger partial charge in [-0.1, -0.05) is 12.1 Å². The summed E-state index contributed by atoms with van der Waals surface area (Å²) in [6, 6.07) is 8.01. The molecule has 2 rings (SSSR count). The summed E-state index contributed by atoms with van der Waals surface area (Å²) in [5.74, 6) is 0.357. The van der Waals surface area contributed by atoms with Gasteiger partial charge in [0.2, 0.25) is 5.91 Å². The Labute approximate surface area is 122 Å². The average Bonchev–Trinajstić information content (AvgIpc) is 2.75. The maximum absolute atomic E-state index is 13.3. The van der Waals surface area contributed by atoms with Crippen molar-refractivity contribution in [2.75, 3.05) is 11.9 Å². The van der Waals surface area contributed by atoms with Crippen LogP contribution in [0.1, 0.15) is 18.5 Å². The van der Waals surface area contributed by atoms with Crippen LogP contribution in [0.5, 0.6) is 5.75 Å². The lowest BCUT2D eigenvalue weighted by molar-refractivity contribution is -0.116. The van der Waals surface area contributed by atoms with E-state index in [0.29, 0.717) is 25.3 Å². The Morgan fingerprint density at radius 2 is 2.19 bits per heavy atom. The second kappa shape index (κ2) is 6.88. The summed E-state index contributed by atoms with van der Waals surface area (Å²) in [4.78, 5) is 11.8. The number of carbonyl (C=O) groups excluding carboxylic acids is 1. The van der Waals surface area contributed by atoms with Crippen LogP contribution >= 0.6 is 0 Å². The second-order valence-corrected chi connectivity index (χ2v) is 4.73. The number of halogens is 1. The lowest BCUT2D eigenvalue weighted by atomic mass is 10.3. The number of hydrogen-bond donors (Lipinski definition) is 1. The highest BCUT2D eigenvalue weighted by Gasteiger charge is 2.07. The largest absolute Gasteiger partial charge is 0.491 e. The van der Waals surface area contributed by atoms with Crippen molar-refractivity contribution in [3.63, 3.8) is 0 Å². The van der Waals surface area contributed by atoms with Gasteiger partial charge in [0.1, 0.15) is 5.82 Å². The Hall–Kier alpha value is -2.37. The molecule has 0 unspecified atom stereocenters. The fraction of sp³-hybridized carbons (Fsp3) is 0.333. The van der Waals surface area contributed by atoms with Crippen molar-refractivity contribution in [1.82, 2.24) is 9.78 Å². The topological polar surface area (TPSA) is 56.1 Å². The fourth-order valence-corrected chi connectivity index (χ4v) is 1.91. The highest BCUT2D eigenvalue weighted by atomic mass is 19.1. The molecule has 1 N–H and O–H groups in total. The maximum Gasteiger partial charge on any atom is 0.225 e. The average molecular weight is 291 g/mol. The summed E-state index contributed by atoms with van der Waals surface area (Å²) >= 11 is 0. The molecule has 0 fully saturated rings. The summed E-state index contributed by atoms with van der Waals surface area (Å²) in [5.41, 5.74) is 0.843. The maximum atomic E-state index is 13.3. The van der Waals surface area contributed by atoms with Gasteiger partial charge >= 0.3 is 0 Å². The molecule has 0 spiro atoms. The minimum atomic E-state index is -0.396. The fourth-order valence-electron chi connectivity index (χ4n) is 1.91. The van der Waals surface area contributed by atoms with Gasteiger partial charge in [-0.3, -0.25) is 9.48 Å². The first kappa shape index (κ1) is 15.0. The van der Waals surface area contributed by atoms with E-state index in [1.54, 1.807) is 36.0 Å². The third-order valence-corrected chi connectivity index (χ3v) is 2.91. The second-order valence-electron chi connectivity index (χ2n) is 4.73. The molecular formula is C15H18FN3O2. The van der Waals surface area contributed by atoms with Gasteiger partial charge in [-0.15, -0.1) is 0 Å². The molecule has 5 nitrogen and oxygen atoms in total. The third kappa shape index (κ3) is 4.30. The van der Waals surface area contributed by atoms with Crippen LogP contribution in [0.2, 0.25) is 0 Å². The zero-order chi connectivity index (χ0) is 15.2. The molecule has 0 saturated carbocycles. The van der Waals surface area contributed by atoms with Crippen LogP contribution < -0.4 is 10.1 Å². The number of amides is 1. The van der Waals surface area contributed by atoms with E-state index >= 15 is 0 Å². The van der Waals surface area contributed by atoms with Crippen molar-refractivity contribution in [3.05, 3.63) is 41.8 Å². The van der Waals surface area contributed by atoms with E-state index in [2.05, 4.69) is 10.4 Å². The molecule has 0 aliphatic rings. The van der Waals surface area contributed by atoms with Crippen LogP contribution in [-0.4, -0.2) is 22.3 Å². The first-order chi connectivity index (χ1) is 10.1. The van der Waals surface area contributed by atoms with Gasteiger partial charge in [-0.2, -0.15) is 5.10 Å². The molecule has 0 bridgehead atoms. The Balaban J connectivity index is 1.72. The van der Waals surface area contributed by atoms with Gasteiger partial charge in [0.15, 0.2) is 11.6 Å². The minimum Gasteiger partial charge on any atom is -0.491 e. The van der Waals surface area contributed by atoms with Gasteiger partial charge in [-0.25, -0.2) is 4.39 Å². The Kier molecular flexibility index (Phi) is 4.92. The van der Waals surface area contributed by atoms with Crippen molar-refractivity contribution in [2.24, 2.45) is 7.05 Å². The van der Waals surface area contributed by atoms with Crippen LogP contribution in [0, 0.1) is 12.7 Å². The summed E-state index contributed by atoms with van der Waals surface area (Å²) in [5, 5.41) is 6.92. The lowest BCUT2D eigenvalue weighted by Gasteiger charge is -2.07. The predicted molar refractivity (Wildman–Crippen MR) is 77.7 cm³/mol. The molecule has 112 valence electrons. The Morgan fingerprint density at radius 1 is 1.43 bits per heavy atom. The third-order valence-electron chi connectivity index (χ3n) is 2.91. The number of rotatable bonds is 6. The number of aromatic nitrogens is 2. The molecule has 6 heteroatoms. The molecule has 1 aromatic heterocycles. The molecule has 0 aliphatic carbocycles. The molecule has 0 saturated heterocycles. The number of carbonyl (C=O) groups is 1. The molecule has 21 heavy (non-hydrogen) atoms. The van der Waals surface area contributed by atoms with Crippen molar-refractivity contribution in [3.8, 4) is 5.75 Å². The zero-order valence-electron chi connectivity index (χ0n) is 12.1. The molecular weight excluding hydrogens is 273 g/mol. The van der Waals surface area contributed by atoms with Gasteiger partial charge in [-0.05, 0) is 25.5 Å². The summed E-state index contributed by atoms with van der Waals surface area (Å²) in [7, 11) is 1.77. The Morgan fingerprint density at radius 3 is 2.86 bits per heavy atom. The van der Waals surface area contributed by atoms with Crippen molar-refractivity contribution in [1.29, 1.82) is 0 Å². The van der Waals surface area contributed by atoms with Crippen molar-refractivity contribution in [2.45, 2.75) is 19.8 Å². The van der Waals surface area contributed by atoms with Gasteiger partial charge < -0.3 is 10.1 Å². The number of anilines is 1. The van der Waals surface area contributed by atoms with Crippen LogP contribution in [-0.2, 0) is 11.8 Å². The van der Waals surface area contributed by atoms with E-state index in [4.69, 9.17) is 4.74 Å². The molecule has 1 aromatic carbocycles. The molecule has 0 aliphatic heterocycles. The number of aryl methyl sites for hydroxylation is 2. The standard InChI is InChI=1S/C15H18FN3O2/c1-11-10-14(19(2)18-11)17-15(20)8-5-9-21-13-7-4-3-6-12(13)16/h3-4,6-7,10H,5,8-9H2,1-2H3,(H,17,20). The highest BCUT2D eigenvalue weighted by molar-refractivity contribution is 5.89. The van der Waals surface area contributed by atoms with E-state index in [1.807, 2.05) is 6.92 Å². The molecule has 1 amide bonds. The van der Waals surface area contributed by atoms with E-state index in [1.165, 1.54) is 6.07 Å². The van der Waals surface area contributed by atoms with Crippen molar-refractivity contribution >= 4 is 11.7 Å². The molecule has 1 heterocycles. The minimum absolute atomic E-state index is 0.116. The number of benzene rings is 1. The number of nitrogens with one attached hydrogen (secondary N) is 1.